The van der Waals surface area contributed by atoms with E-state index in [1.807, 2.05) is 60.7 Å². The van der Waals surface area contributed by atoms with Gasteiger partial charge in [0, 0.05) is 16.7 Å². The van der Waals surface area contributed by atoms with Crippen LogP contribution in [0.3, 0.4) is 0 Å². The highest BCUT2D eigenvalue weighted by molar-refractivity contribution is 5.71. The lowest BCUT2D eigenvalue weighted by Gasteiger charge is -2.25. The lowest BCUT2D eigenvalue weighted by molar-refractivity contribution is 0.350. The second kappa shape index (κ2) is 9.24. The molecule has 0 aliphatic carbocycles. The predicted molar refractivity (Wildman–Crippen MR) is 113 cm³/mol. The first-order chi connectivity index (χ1) is 14.2. The SMILES string of the molecule is COc1ccccc1[C](c1cccc(OC)c1OC)c1cccc(OC)c1OC. The van der Waals surface area contributed by atoms with Gasteiger partial charge in [-0.2, -0.15) is 0 Å². The van der Waals surface area contributed by atoms with E-state index in [2.05, 4.69) is 0 Å². The molecule has 0 atom stereocenters. The van der Waals surface area contributed by atoms with Crippen LogP contribution in [0.2, 0.25) is 0 Å². The molecular formula is C24H25O5. The predicted octanol–water partition coefficient (Wildman–Crippen LogP) is 4.75. The number of benzene rings is 3. The standard InChI is InChI=1S/C24H25O5/c1-25-19-13-7-6-10-16(19)22(17-11-8-14-20(26-2)23(17)28-4)18-12-9-15-21(27-3)24(18)29-5/h6-15H,1-5H3. The lowest BCUT2D eigenvalue weighted by Crippen LogP contribution is -2.10. The van der Waals surface area contributed by atoms with E-state index in [1.54, 1.807) is 35.5 Å². The van der Waals surface area contributed by atoms with Crippen LogP contribution in [0.1, 0.15) is 16.7 Å². The maximum atomic E-state index is 5.74. The minimum Gasteiger partial charge on any atom is -0.496 e. The largest absolute Gasteiger partial charge is 0.496 e. The summed E-state index contributed by atoms with van der Waals surface area (Å²) >= 11 is 0. The van der Waals surface area contributed by atoms with Crippen LogP contribution in [0.4, 0.5) is 0 Å². The highest BCUT2D eigenvalue weighted by Crippen LogP contribution is 2.47. The zero-order valence-corrected chi connectivity index (χ0v) is 17.3. The van der Waals surface area contributed by atoms with Crippen molar-refractivity contribution >= 4 is 0 Å². The number of ether oxygens (including phenoxy) is 5. The Labute approximate surface area is 171 Å². The van der Waals surface area contributed by atoms with Crippen LogP contribution in [0.25, 0.3) is 0 Å². The van der Waals surface area contributed by atoms with Gasteiger partial charge in [-0.3, -0.25) is 0 Å². The number of methoxy groups -OCH3 is 5. The van der Waals surface area contributed by atoms with Gasteiger partial charge in [0.05, 0.1) is 41.5 Å². The first-order valence-electron chi connectivity index (χ1n) is 9.13. The molecule has 0 bridgehead atoms. The van der Waals surface area contributed by atoms with Gasteiger partial charge in [0.15, 0.2) is 23.0 Å². The Balaban J connectivity index is 2.37. The molecule has 0 spiro atoms. The van der Waals surface area contributed by atoms with Crippen molar-refractivity contribution in [2.24, 2.45) is 0 Å². The van der Waals surface area contributed by atoms with E-state index in [1.165, 1.54) is 0 Å². The second-order valence-corrected chi connectivity index (χ2v) is 6.16. The topological polar surface area (TPSA) is 46.2 Å². The first-order valence-corrected chi connectivity index (χ1v) is 9.13. The monoisotopic (exact) mass is 393 g/mol. The number of hydrogen-bond donors (Lipinski definition) is 0. The zero-order chi connectivity index (χ0) is 20.8. The van der Waals surface area contributed by atoms with Gasteiger partial charge in [0.2, 0.25) is 0 Å². The fraction of sp³-hybridized carbons (Fsp3) is 0.208. The normalized spacial score (nSPS) is 10.6. The van der Waals surface area contributed by atoms with Crippen LogP contribution in [0.15, 0.2) is 60.7 Å². The van der Waals surface area contributed by atoms with E-state index < -0.39 is 0 Å². The summed E-state index contributed by atoms with van der Waals surface area (Å²) in [7, 11) is 8.16. The molecule has 3 rings (SSSR count). The van der Waals surface area contributed by atoms with Crippen LogP contribution in [-0.2, 0) is 0 Å². The molecule has 3 aromatic rings. The van der Waals surface area contributed by atoms with Crippen molar-refractivity contribution in [3.05, 3.63) is 83.3 Å². The van der Waals surface area contributed by atoms with Gasteiger partial charge in [0.1, 0.15) is 5.75 Å². The molecule has 0 amide bonds. The molecule has 0 aliphatic rings. The number of para-hydroxylation sites is 3. The van der Waals surface area contributed by atoms with Gasteiger partial charge < -0.3 is 23.7 Å². The van der Waals surface area contributed by atoms with Crippen LogP contribution in [0.5, 0.6) is 28.7 Å². The van der Waals surface area contributed by atoms with Gasteiger partial charge in [-0.05, 0) is 18.2 Å². The summed E-state index contributed by atoms with van der Waals surface area (Å²) < 4.78 is 28.2. The summed E-state index contributed by atoms with van der Waals surface area (Å²) in [5.74, 6) is 4.14. The van der Waals surface area contributed by atoms with Crippen molar-refractivity contribution in [1.29, 1.82) is 0 Å². The van der Waals surface area contributed by atoms with Crippen LogP contribution in [-0.4, -0.2) is 35.5 Å². The number of rotatable bonds is 8. The first kappa shape index (κ1) is 20.4. The highest BCUT2D eigenvalue weighted by Gasteiger charge is 2.29. The smallest absolute Gasteiger partial charge is 0.165 e. The third-order valence-electron chi connectivity index (χ3n) is 4.72. The fourth-order valence-electron chi connectivity index (χ4n) is 3.45. The summed E-state index contributed by atoms with van der Waals surface area (Å²) in [6.45, 7) is 0. The summed E-state index contributed by atoms with van der Waals surface area (Å²) in [6.07, 6.45) is 0. The maximum absolute atomic E-state index is 5.74. The van der Waals surface area contributed by atoms with Crippen LogP contribution < -0.4 is 23.7 Å². The second-order valence-electron chi connectivity index (χ2n) is 6.16. The van der Waals surface area contributed by atoms with E-state index in [-0.39, 0.29) is 0 Å². The molecule has 5 heteroatoms. The van der Waals surface area contributed by atoms with Crippen molar-refractivity contribution in [2.75, 3.05) is 35.5 Å². The molecule has 3 aromatic carbocycles. The molecule has 0 heterocycles. The molecule has 0 saturated carbocycles. The van der Waals surface area contributed by atoms with Crippen LogP contribution in [0, 0.1) is 5.92 Å². The third kappa shape index (κ3) is 3.81. The van der Waals surface area contributed by atoms with Gasteiger partial charge in [0.25, 0.3) is 0 Å². The molecular weight excluding hydrogens is 368 g/mol. The molecule has 0 saturated heterocycles. The zero-order valence-electron chi connectivity index (χ0n) is 17.3. The minimum absolute atomic E-state index is 0.626. The van der Waals surface area contributed by atoms with Gasteiger partial charge in [-0.15, -0.1) is 0 Å². The number of hydrogen-bond acceptors (Lipinski definition) is 5. The average Bonchev–Trinajstić information content (AvgIpc) is 2.79. The molecule has 0 unspecified atom stereocenters. The van der Waals surface area contributed by atoms with E-state index >= 15 is 0 Å². The molecule has 0 N–H and O–H groups in total. The van der Waals surface area contributed by atoms with Crippen molar-refractivity contribution in [2.45, 2.75) is 0 Å². The van der Waals surface area contributed by atoms with E-state index in [9.17, 15) is 0 Å². The van der Waals surface area contributed by atoms with Crippen molar-refractivity contribution in [1.82, 2.24) is 0 Å². The Morgan fingerprint density at radius 3 is 1.31 bits per heavy atom. The summed E-state index contributed by atoms with van der Waals surface area (Å²) in [5.41, 5.74) is 2.60. The summed E-state index contributed by atoms with van der Waals surface area (Å²) in [6, 6.07) is 19.4. The minimum atomic E-state index is 0.626. The van der Waals surface area contributed by atoms with Gasteiger partial charge in [-0.25, -0.2) is 0 Å². The molecule has 0 fully saturated rings. The Morgan fingerprint density at radius 1 is 0.448 bits per heavy atom. The molecule has 5 nitrogen and oxygen atoms in total. The van der Waals surface area contributed by atoms with E-state index in [0.29, 0.717) is 23.0 Å². The van der Waals surface area contributed by atoms with Crippen molar-refractivity contribution in [3.8, 4) is 28.7 Å². The summed E-state index contributed by atoms with van der Waals surface area (Å²) in [5, 5.41) is 0. The molecule has 151 valence electrons. The quantitative estimate of drug-likeness (QED) is 0.517. The Bertz CT molecular complexity index is 912. The van der Waals surface area contributed by atoms with Crippen LogP contribution >= 0.6 is 0 Å². The summed E-state index contributed by atoms with van der Waals surface area (Å²) in [4.78, 5) is 0. The molecule has 29 heavy (non-hydrogen) atoms. The molecule has 1 radical (unpaired) electrons. The van der Waals surface area contributed by atoms with Crippen molar-refractivity contribution < 1.29 is 23.7 Å². The highest BCUT2D eigenvalue weighted by atomic mass is 16.5. The third-order valence-corrected chi connectivity index (χ3v) is 4.72. The fourth-order valence-corrected chi connectivity index (χ4v) is 3.45. The van der Waals surface area contributed by atoms with E-state index in [4.69, 9.17) is 23.7 Å². The lowest BCUT2D eigenvalue weighted by atomic mass is 9.83. The maximum Gasteiger partial charge on any atom is 0.165 e. The van der Waals surface area contributed by atoms with E-state index in [0.717, 1.165) is 28.4 Å². The molecule has 0 aliphatic heterocycles. The van der Waals surface area contributed by atoms with Crippen molar-refractivity contribution in [3.63, 3.8) is 0 Å². The van der Waals surface area contributed by atoms with Gasteiger partial charge in [-0.1, -0.05) is 42.5 Å². The molecule has 0 aromatic heterocycles. The Kier molecular flexibility index (Phi) is 6.50. The Hall–Kier alpha value is -3.34. The van der Waals surface area contributed by atoms with Gasteiger partial charge >= 0.3 is 0 Å². The average molecular weight is 393 g/mol. The Morgan fingerprint density at radius 2 is 0.862 bits per heavy atom.